The lowest BCUT2D eigenvalue weighted by Crippen LogP contribution is -2.50. The first-order valence-corrected chi connectivity index (χ1v) is 15.1. The Bertz CT molecular complexity index is 1570. The molecule has 5 rings (SSSR count). The van der Waals surface area contributed by atoms with E-state index in [0.717, 1.165) is 31.5 Å². The van der Waals surface area contributed by atoms with Crippen molar-refractivity contribution in [2.75, 3.05) is 33.1 Å². The summed E-state index contributed by atoms with van der Waals surface area (Å²) in [4.78, 5) is 75.1. The number of aromatic nitrogens is 1. The van der Waals surface area contributed by atoms with Gasteiger partial charge in [0.1, 0.15) is 23.4 Å². The number of amides is 2. The summed E-state index contributed by atoms with van der Waals surface area (Å²) in [6.45, 7) is -0.590. The molecule has 4 heterocycles. The number of halogens is 2. The van der Waals surface area contributed by atoms with Gasteiger partial charge in [-0.15, -0.1) is 0 Å². The van der Waals surface area contributed by atoms with E-state index in [1.165, 1.54) is 10.8 Å². The highest BCUT2D eigenvalue weighted by Gasteiger charge is 2.48. The van der Waals surface area contributed by atoms with Crippen molar-refractivity contribution in [3.8, 4) is 5.75 Å². The molecule has 238 valence electrons. The van der Waals surface area contributed by atoms with Crippen molar-refractivity contribution in [3.63, 3.8) is 0 Å². The third kappa shape index (κ3) is 6.92. The molecule has 3 aliphatic rings. The van der Waals surface area contributed by atoms with Gasteiger partial charge in [0.15, 0.2) is 5.69 Å². The molecular weight excluding hydrogens is 613 g/mol. The smallest absolute Gasteiger partial charge is 0.511 e. The van der Waals surface area contributed by atoms with Crippen molar-refractivity contribution in [1.82, 2.24) is 19.7 Å². The molecule has 15 nitrogen and oxygen atoms in total. The van der Waals surface area contributed by atoms with Crippen molar-refractivity contribution in [2.45, 2.75) is 44.6 Å². The number of benzene rings is 1. The maximum atomic E-state index is 14.1. The van der Waals surface area contributed by atoms with E-state index in [1.807, 2.05) is 0 Å². The number of carbonyl (C=O) groups is 3. The van der Waals surface area contributed by atoms with Gasteiger partial charge in [0.2, 0.25) is 18.0 Å². The molecule has 2 fully saturated rings. The molecule has 0 saturated carbocycles. The summed E-state index contributed by atoms with van der Waals surface area (Å²) in [6.07, 6.45) is 1.45. The fraction of sp³-hybridized carbons (Fsp3) is 0.462. The van der Waals surface area contributed by atoms with Crippen LogP contribution >= 0.6 is 7.82 Å². The summed E-state index contributed by atoms with van der Waals surface area (Å²) in [7, 11) is -4.91. The van der Waals surface area contributed by atoms with E-state index in [-0.39, 0.29) is 49.6 Å². The largest absolute Gasteiger partial charge is 0.756 e. The molecule has 2 aromatic rings. The Morgan fingerprint density at radius 2 is 1.95 bits per heavy atom. The van der Waals surface area contributed by atoms with Crippen LogP contribution in [0.2, 0.25) is 0 Å². The SMILES string of the molecule is O=C(OCCCOP(=O)([O-])O)OCOc1c2n(cc(C(=O)NCc3ccc(F)cc3F)c1=O)C[C@@H]1N(C[C@H]3CCCN31)C2=O. The molecule has 1 aromatic carbocycles. The van der Waals surface area contributed by atoms with Gasteiger partial charge in [-0.05, 0) is 18.9 Å². The topological polar surface area (TPSA) is 189 Å². The summed E-state index contributed by atoms with van der Waals surface area (Å²) in [6, 6.07) is 2.99. The zero-order chi connectivity index (χ0) is 31.6. The lowest BCUT2D eigenvalue weighted by molar-refractivity contribution is -0.219. The van der Waals surface area contributed by atoms with Crippen molar-refractivity contribution >= 4 is 25.8 Å². The molecule has 0 spiro atoms. The molecule has 18 heteroatoms. The van der Waals surface area contributed by atoms with Crippen LogP contribution in [0.1, 0.15) is 45.7 Å². The van der Waals surface area contributed by atoms with E-state index >= 15 is 0 Å². The number of phosphoric ester groups is 1. The number of hydrogen-bond donors (Lipinski definition) is 2. The Labute approximate surface area is 248 Å². The predicted octanol–water partition coefficient (Wildman–Crippen LogP) is 0.673. The van der Waals surface area contributed by atoms with Gasteiger partial charge in [0, 0.05) is 49.9 Å². The van der Waals surface area contributed by atoms with Crippen molar-refractivity contribution in [2.24, 2.45) is 0 Å². The van der Waals surface area contributed by atoms with Crippen LogP contribution in [0.15, 0.2) is 29.2 Å². The first-order chi connectivity index (χ1) is 20.9. The molecule has 0 aliphatic carbocycles. The van der Waals surface area contributed by atoms with Gasteiger partial charge in [-0.1, -0.05) is 6.07 Å². The summed E-state index contributed by atoms with van der Waals surface area (Å²) in [5, 5.41) is 2.42. The molecule has 1 aromatic heterocycles. The number of carbonyl (C=O) groups excluding carboxylic acids is 3. The number of pyridine rings is 1. The molecular formula is C26H28F2N4O11P-. The van der Waals surface area contributed by atoms with Crippen molar-refractivity contribution in [3.05, 3.63) is 63.1 Å². The maximum absolute atomic E-state index is 14.1. The van der Waals surface area contributed by atoms with E-state index in [0.29, 0.717) is 12.6 Å². The molecule has 1 unspecified atom stereocenters. The Balaban J connectivity index is 1.32. The van der Waals surface area contributed by atoms with E-state index in [9.17, 15) is 37.4 Å². The normalized spacial score (nSPS) is 20.4. The maximum Gasteiger partial charge on any atom is 0.511 e. The molecule has 3 atom stereocenters. The molecule has 2 amide bonds. The minimum absolute atomic E-state index is 0.0250. The monoisotopic (exact) mass is 641 g/mol. The van der Waals surface area contributed by atoms with Gasteiger partial charge in [0.05, 0.1) is 19.8 Å². The number of fused-ring (bicyclic) bond motifs is 4. The summed E-state index contributed by atoms with van der Waals surface area (Å²) < 4.78 is 58.5. The lowest BCUT2D eigenvalue weighted by atomic mass is 10.1. The molecule has 44 heavy (non-hydrogen) atoms. The first kappa shape index (κ1) is 31.5. The standard InChI is InChI=1S/C26H29F2N4O11P/c27-16-5-4-15(19(28)9-16)10-29-24(34)18-12-30-13-20-31-6-1-3-17(31)11-32(20)25(35)21(30)23(22(18)33)41-14-42-26(36)40-7-2-8-43-44(37,38)39/h4-5,9,12,17,20H,1-3,6-8,10-11,13-14H2,(H,29,34)(H2,37,38,39)/p-1/t17-,20+/m1/s1. The molecule has 3 aliphatic heterocycles. The van der Waals surface area contributed by atoms with E-state index in [4.69, 9.17) is 19.1 Å². The number of phosphoric acid groups is 1. The van der Waals surface area contributed by atoms with Crippen molar-refractivity contribution < 1.29 is 56.3 Å². The zero-order valence-corrected chi connectivity index (χ0v) is 24.0. The van der Waals surface area contributed by atoms with Crippen LogP contribution in [0.5, 0.6) is 5.75 Å². The van der Waals surface area contributed by atoms with Crippen molar-refractivity contribution in [1.29, 1.82) is 0 Å². The van der Waals surface area contributed by atoms with Crippen LogP contribution in [0.25, 0.3) is 0 Å². The number of hydrogen-bond acceptors (Lipinski definition) is 11. The summed E-state index contributed by atoms with van der Waals surface area (Å²) >= 11 is 0. The zero-order valence-electron chi connectivity index (χ0n) is 23.1. The van der Waals surface area contributed by atoms with Crippen LogP contribution in [0, 0.1) is 11.6 Å². The molecule has 0 radical (unpaired) electrons. The van der Waals surface area contributed by atoms with Gasteiger partial charge in [0.25, 0.3) is 19.6 Å². The van der Waals surface area contributed by atoms with Gasteiger partial charge in [-0.3, -0.25) is 23.8 Å². The van der Waals surface area contributed by atoms with Crippen LogP contribution in [0.4, 0.5) is 13.6 Å². The third-order valence-corrected chi connectivity index (χ3v) is 7.99. The van der Waals surface area contributed by atoms with E-state index in [1.54, 1.807) is 4.90 Å². The third-order valence-electron chi connectivity index (χ3n) is 7.48. The second-order valence-corrected chi connectivity index (χ2v) is 11.4. The average Bonchev–Trinajstić information content (AvgIpc) is 3.55. The number of ether oxygens (including phenoxy) is 3. The second kappa shape index (κ2) is 13.0. The van der Waals surface area contributed by atoms with Crippen LogP contribution in [-0.4, -0.2) is 82.5 Å². The highest BCUT2D eigenvalue weighted by Crippen LogP contribution is 2.35. The van der Waals surface area contributed by atoms with Gasteiger partial charge in [-0.2, -0.15) is 0 Å². The number of nitrogens with one attached hydrogen (secondary N) is 1. The minimum atomic E-state index is -4.91. The summed E-state index contributed by atoms with van der Waals surface area (Å²) in [5.74, 6) is -3.65. The van der Waals surface area contributed by atoms with E-state index in [2.05, 4.69) is 14.7 Å². The van der Waals surface area contributed by atoms with Gasteiger partial charge < -0.3 is 43.3 Å². The quantitative estimate of drug-likeness (QED) is 0.151. The number of rotatable bonds is 11. The van der Waals surface area contributed by atoms with Crippen LogP contribution < -0.4 is 20.4 Å². The second-order valence-electron chi connectivity index (χ2n) is 10.3. The number of nitrogens with zero attached hydrogens (tertiary/aromatic N) is 3. The highest BCUT2D eigenvalue weighted by molar-refractivity contribution is 7.44. The Morgan fingerprint density at radius 3 is 2.70 bits per heavy atom. The fourth-order valence-corrected chi connectivity index (χ4v) is 5.87. The van der Waals surface area contributed by atoms with Crippen LogP contribution in [-0.2, 0) is 31.7 Å². The molecule has 0 bridgehead atoms. The Hall–Kier alpha value is -3.89. The van der Waals surface area contributed by atoms with E-state index < -0.39 is 67.6 Å². The predicted molar refractivity (Wildman–Crippen MR) is 141 cm³/mol. The fourth-order valence-electron chi connectivity index (χ4n) is 5.52. The van der Waals surface area contributed by atoms with Crippen LogP contribution in [0.3, 0.4) is 0 Å². The average molecular weight is 641 g/mol. The Morgan fingerprint density at radius 1 is 1.16 bits per heavy atom. The van der Waals surface area contributed by atoms with Gasteiger partial charge in [-0.25, -0.2) is 13.6 Å². The first-order valence-electron chi connectivity index (χ1n) is 13.6. The highest BCUT2D eigenvalue weighted by atomic mass is 31.2. The summed E-state index contributed by atoms with van der Waals surface area (Å²) in [5.41, 5.74) is -1.58. The van der Waals surface area contributed by atoms with Gasteiger partial charge >= 0.3 is 6.16 Å². The Kier molecular flexibility index (Phi) is 9.31. The molecule has 2 saturated heterocycles. The molecule has 2 N–H and O–H groups in total. The lowest BCUT2D eigenvalue weighted by Gasteiger charge is -2.36. The minimum Gasteiger partial charge on any atom is -0.756 e.